The molecule has 22 heavy (non-hydrogen) atoms. The summed E-state index contributed by atoms with van der Waals surface area (Å²) >= 11 is 0. The second-order valence-corrected chi connectivity index (χ2v) is 6.41. The van der Waals surface area contributed by atoms with Crippen LogP contribution in [0.5, 0.6) is 0 Å². The molecule has 0 radical (unpaired) electrons. The van der Waals surface area contributed by atoms with Crippen LogP contribution in [-0.2, 0) is 13.5 Å². The van der Waals surface area contributed by atoms with E-state index in [4.69, 9.17) is 0 Å². The lowest BCUT2D eigenvalue weighted by Gasteiger charge is -2.20. The molecule has 4 nitrogen and oxygen atoms in total. The molecular formula is C18H28N4. The number of aromatic nitrogens is 3. The lowest BCUT2D eigenvalue weighted by molar-refractivity contribution is 0.424. The highest BCUT2D eigenvalue weighted by atomic mass is 15.3. The van der Waals surface area contributed by atoms with Crippen LogP contribution < -0.4 is 5.32 Å². The summed E-state index contributed by atoms with van der Waals surface area (Å²) in [6.45, 7) is 9.69. The standard InChI is InChI=1S/C18H28N4/c1-13(2)12-18(17-8-6-7-10-19-17)20-11-9-16-14(3)21-22(5)15(16)4/h6-8,10,13,18,20H,9,11-12H2,1-5H3. The summed E-state index contributed by atoms with van der Waals surface area (Å²) in [5.41, 5.74) is 4.90. The summed E-state index contributed by atoms with van der Waals surface area (Å²) in [6.07, 6.45) is 3.98. The minimum absolute atomic E-state index is 0.318. The molecule has 2 rings (SSSR count). The van der Waals surface area contributed by atoms with Crippen LogP contribution in [0.15, 0.2) is 24.4 Å². The van der Waals surface area contributed by atoms with Crippen molar-refractivity contribution >= 4 is 0 Å². The molecule has 1 unspecified atom stereocenters. The van der Waals surface area contributed by atoms with E-state index < -0.39 is 0 Å². The lowest BCUT2D eigenvalue weighted by Crippen LogP contribution is -2.26. The highest BCUT2D eigenvalue weighted by molar-refractivity contribution is 5.24. The van der Waals surface area contributed by atoms with Gasteiger partial charge < -0.3 is 5.32 Å². The van der Waals surface area contributed by atoms with Crippen molar-refractivity contribution < 1.29 is 0 Å². The van der Waals surface area contributed by atoms with Crippen LogP contribution in [0, 0.1) is 19.8 Å². The van der Waals surface area contributed by atoms with Crippen molar-refractivity contribution in [3.8, 4) is 0 Å². The number of nitrogens with zero attached hydrogens (tertiary/aromatic N) is 3. The van der Waals surface area contributed by atoms with Crippen LogP contribution in [0.25, 0.3) is 0 Å². The molecule has 1 atom stereocenters. The van der Waals surface area contributed by atoms with Gasteiger partial charge in [-0.25, -0.2) is 0 Å². The van der Waals surface area contributed by atoms with Crippen LogP contribution in [0.3, 0.4) is 0 Å². The smallest absolute Gasteiger partial charge is 0.0628 e. The first-order chi connectivity index (χ1) is 10.5. The van der Waals surface area contributed by atoms with Crippen molar-refractivity contribution in [2.24, 2.45) is 13.0 Å². The molecule has 0 amide bonds. The highest BCUT2D eigenvalue weighted by Gasteiger charge is 2.15. The fraction of sp³-hybridized carbons (Fsp3) is 0.556. The Labute approximate surface area is 134 Å². The number of hydrogen-bond donors (Lipinski definition) is 1. The third-order valence-corrected chi connectivity index (χ3v) is 4.18. The Morgan fingerprint density at radius 2 is 2.00 bits per heavy atom. The van der Waals surface area contributed by atoms with Crippen LogP contribution in [0.4, 0.5) is 0 Å². The Balaban J connectivity index is 2.00. The molecule has 2 heterocycles. The molecule has 0 aliphatic rings. The van der Waals surface area contributed by atoms with E-state index in [-0.39, 0.29) is 0 Å². The molecule has 0 fully saturated rings. The third-order valence-electron chi connectivity index (χ3n) is 4.18. The minimum Gasteiger partial charge on any atom is -0.308 e. The van der Waals surface area contributed by atoms with E-state index in [0.717, 1.165) is 30.8 Å². The van der Waals surface area contributed by atoms with E-state index in [0.29, 0.717) is 12.0 Å². The molecule has 0 aliphatic carbocycles. The Hall–Kier alpha value is -1.68. The van der Waals surface area contributed by atoms with E-state index in [9.17, 15) is 0 Å². The second kappa shape index (κ2) is 7.54. The molecular weight excluding hydrogens is 272 g/mol. The third kappa shape index (κ3) is 4.17. The Morgan fingerprint density at radius 1 is 1.23 bits per heavy atom. The van der Waals surface area contributed by atoms with Gasteiger partial charge in [-0.05, 0) is 56.8 Å². The summed E-state index contributed by atoms with van der Waals surface area (Å²) in [7, 11) is 2.01. The summed E-state index contributed by atoms with van der Waals surface area (Å²) in [4.78, 5) is 4.52. The monoisotopic (exact) mass is 300 g/mol. The second-order valence-electron chi connectivity index (χ2n) is 6.41. The van der Waals surface area contributed by atoms with Crippen molar-refractivity contribution in [1.29, 1.82) is 0 Å². The first-order valence-electron chi connectivity index (χ1n) is 8.12. The maximum absolute atomic E-state index is 4.52. The highest BCUT2D eigenvalue weighted by Crippen LogP contribution is 2.19. The fourth-order valence-electron chi connectivity index (χ4n) is 2.91. The zero-order chi connectivity index (χ0) is 16.1. The molecule has 0 aromatic carbocycles. The Morgan fingerprint density at radius 3 is 2.55 bits per heavy atom. The van der Waals surface area contributed by atoms with Gasteiger partial charge >= 0.3 is 0 Å². The summed E-state index contributed by atoms with van der Waals surface area (Å²) in [5, 5.41) is 8.17. The summed E-state index contributed by atoms with van der Waals surface area (Å²) in [6, 6.07) is 6.46. The maximum atomic E-state index is 4.52. The maximum Gasteiger partial charge on any atom is 0.0628 e. The average molecular weight is 300 g/mol. The first kappa shape index (κ1) is 16.7. The molecule has 4 heteroatoms. The molecule has 0 bridgehead atoms. The first-order valence-corrected chi connectivity index (χ1v) is 8.12. The van der Waals surface area contributed by atoms with Crippen LogP contribution in [-0.4, -0.2) is 21.3 Å². The van der Waals surface area contributed by atoms with Crippen molar-refractivity contribution in [2.75, 3.05) is 6.54 Å². The van der Waals surface area contributed by atoms with Gasteiger partial charge in [0.15, 0.2) is 0 Å². The largest absolute Gasteiger partial charge is 0.308 e. The van der Waals surface area contributed by atoms with E-state index in [1.807, 2.05) is 24.0 Å². The predicted molar refractivity (Wildman–Crippen MR) is 90.8 cm³/mol. The minimum atomic E-state index is 0.318. The van der Waals surface area contributed by atoms with Gasteiger partial charge in [-0.3, -0.25) is 9.67 Å². The van der Waals surface area contributed by atoms with E-state index in [2.05, 4.69) is 55.2 Å². The van der Waals surface area contributed by atoms with Crippen molar-refractivity contribution in [1.82, 2.24) is 20.1 Å². The van der Waals surface area contributed by atoms with Gasteiger partial charge in [0, 0.05) is 25.0 Å². The zero-order valence-electron chi connectivity index (χ0n) is 14.4. The van der Waals surface area contributed by atoms with Gasteiger partial charge in [0.2, 0.25) is 0 Å². The number of hydrogen-bond acceptors (Lipinski definition) is 3. The average Bonchev–Trinajstić information content (AvgIpc) is 2.73. The van der Waals surface area contributed by atoms with Crippen molar-refractivity contribution in [3.05, 3.63) is 47.0 Å². The van der Waals surface area contributed by atoms with E-state index in [1.54, 1.807) is 0 Å². The zero-order valence-corrected chi connectivity index (χ0v) is 14.4. The summed E-state index contributed by atoms with van der Waals surface area (Å²) < 4.78 is 1.97. The molecule has 0 spiro atoms. The molecule has 1 N–H and O–H groups in total. The SMILES string of the molecule is Cc1nn(C)c(C)c1CCNC(CC(C)C)c1ccccn1. The van der Waals surface area contributed by atoms with Gasteiger partial charge in [0.05, 0.1) is 11.4 Å². The predicted octanol–water partition coefficient (Wildman–Crippen LogP) is 3.35. The lowest BCUT2D eigenvalue weighted by atomic mass is 10.00. The van der Waals surface area contributed by atoms with Crippen molar-refractivity contribution in [2.45, 2.75) is 46.6 Å². The number of rotatable bonds is 7. The van der Waals surface area contributed by atoms with Gasteiger partial charge in [0.25, 0.3) is 0 Å². The van der Waals surface area contributed by atoms with Gasteiger partial charge in [-0.1, -0.05) is 19.9 Å². The molecule has 2 aromatic heterocycles. The molecule has 0 saturated carbocycles. The topological polar surface area (TPSA) is 42.7 Å². The normalized spacial score (nSPS) is 12.8. The molecule has 2 aromatic rings. The Bertz CT molecular complexity index is 587. The van der Waals surface area contributed by atoms with Gasteiger partial charge in [-0.2, -0.15) is 5.10 Å². The number of pyridine rings is 1. The summed E-state index contributed by atoms with van der Waals surface area (Å²) in [5.74, 6) is 0.640. The van der Waals surface area contributed by atoms with E-state index >= 15 is 0 Å². The van der Waals surface area contributed by atoms with E-state index in [1.165, 1.54) is 11.3 Å². The van der Waals surface area contributed by atoms with Gasteiger partial charge in [-0.15, -0.1) is 0 Å². The Kier molecular flexibility index (Phi) is 5.72. The molecule has 0 saturated heterocycles. The van der Waals surface area contributed by atoms with Crippen LogP contribution >= 0.6 is 0 Å². The fourth-order valence-corrected chi connectivity index (χ4v) is 2.91. The molecule has 120 valence electrons. The van der Waals surface area contributed by atoms with Crippen molar-refractivity contribution in [3.63, 3.8) is 0 Å². The molecule has 0 aliphatic heterocycles. The van der Waals surface area contributed by atoms with Crippen LogP contribution in [0.2, 0.25) is 0 Å². The number of aryl methyl sites for hydroxylation is 2. The quantitative estimate of drug-likeness (QED) is 0.852. The number of nitrogens with one attached hydrogen (secondary N) is 1. The van der Waals surface area contributed by atoms with Crippen LogP contribution in [0.1, 0.15) is 49.0 Å². The van der Waals surface area contributed by atoms with Gasteiger partial charge in [0.1, 0.15) is 0 Å².